The second-order valence-corrected chi connectivity index (χ2v) is 22.6. The molecule has 0 spiro atoms. The molecule has 0 radical (unpaired) electrons. The SMILES string of the molecule is CC/C=C\C/C=C\C/C=C\C/C=C\C/C=C\CCCCCC(=O)OCC(COP(=O)(O)OCC(CO)OC(=O)CCCCCCCCC/C=C\CCCCCCCC)OC(=O)CCCCCCCC/C=C\C/C=C\C/C=C\C/C=C\CC. The summed E-state index contributed by atoms with van der Waals surface area (Å²) in [5.74, 6) is -1.53. The van der Waals surface area contributed by atoms with Crippen LogP contribution in [0.3, 0.4) is 0 Å². The number of unbranched alkanes of at least 4 members (excludes halogenated alkanes) is 22. The van der Waals surface area contributed by atoms with Gasteiger partial charge in [-0.3, -0.25) is 23.4 Å². The number of aliphatic hydroxyl groups excluding tert-OH is 1. The van der Waals surface area contributed by atoms with Crippen LogP contribution in [0, 0.1) is 0 Å². The van der Waals surface area contributed by atoms with Gasteiger partial charge in [-0.25, -0.2) is 4.57 Å². The van der Waals surface area contributed by atoms with Gasteiger partial charge in [-0.15, -0.1) is 0 Å². The van der Waals surface area contributed by atoms with Crippen molar-refractivity contribution in [3.05, 3.63) is 122 Å². The number of phosphoric ester groups is 1. The van der Waals surface area contributed by atoms with Gasteiger partial charge in [-0.2, -0.15) is 0 Å². The Balaban J connectivity index is 4.80. The number of hydrogen-bond acceptors (Lipinski definition) is 10. The standard InChI is InChI=1S/C70H117O11P/c1-4-7-10-13-16-19-22-25-28-31-33-36-38-41-44-47-50-53-56-59-68(72)77-63-67(81-70(74)61-58-55-52-49-46-43-40-37-34-32-29-26-23-20-17-14-11-8-5-2)65-79-82(75,76)78-64-66(62-71)80-69(73)60-57-54-51-48-45-42-39-35-30-27-24-21-18-15-12-9-6-3/h7-8,10-11,16-17,19-20,25-30,33-34,36-37,41,44,66-67,71H,4-6,9,12-15,18,21-24,31-32,35,38-40,42-43,45-65H2,1-3H3,(H,75,76)/b10-7-,11-8-,19-16-,20-17-,28-25-,29-26-,30-27-,36-33-,37-34-,44-41-. The van der Waals surface area contributed by atoms with Crippen molar-refractivity contribution in [3.8, 4) is 0 Å². The molecule has 11 nitrogen and oxygen atoms in total. The van der Waals surface area contributed by atoms with Crippen LogP contribution in [0.15, 0.2) is 122 Å². The summed E-state index contributed by atoms with van der Waals surface area (Å²) in [6.07, 6.45) is 78.6. The van der Waals surface area contributed by atoms with Crippen molar-refractivity contribution < 1.29 is 52.2 Å². The Kier molecular flexibility index (Phi) is 59.8. The third-order valence-electron chi connectivity index (χ3n) is 13.3. The zero-order valence-electron chi connectivity index (χ0n) is 51.9. The molecule has 12 heteroatoms. The largest absolute Gasteiger partial charge is 0.472 e. The number of carbonyl (C=O) groups excluding carboxylic acids is 3. The number of aliphatic hydroxyl groups is 1. The van der Waals surface area contributed by atoms with E-state index < -0.39 is 57.8 Å². The second kappa shape index (κ2) is 62.9. The lowest BCUT2D eigenvalue weighted by Crippen LogP contribution is -2.30. The first kappa shape index (κ1) is 77.9. The summed E-state index contributed by atoms with van der Waals surface area (Å²) >= 11 is 0. The van der Waals surface area contributed by atoms with E-state index in [9.17, 15) is 28.9 Å². The van der Waals surface area contributed by atoms with Crippen molar-refractivity contribution in [2.45, 2.75) is 277 Å². The highest BCUT2D eigenvalue weighted by Crippen LogP contribution is 2.43. The van der Waals surface area contributed by atoms with Gasteiger partial charge in [0, 0.05) is 19.3 Å². The summed E-state index contributed by atoms with van der Waals surface area (Å²) in [7, 11) is -4.78. The van der Waals surface area contributed by atoms with E-state index in [2.05, 4.69) is 142 Å². The first-order chi connectivity index (χ1) is 40.2. The maximum absolute atomic E-state index is 13.0. The summed E-state index contributed by atoms with van der Waals surface area (Å²) in [5, 5.41) is 9.86. The fourth-order valence-electron chi connectivity index (χ4n) is 8.49. The van der Waals surface area contributed by atoms with E-state index in [1.54, 1.807) is 0 Å². The monoisotopic (exact) mass is 1160 g/mol. The molecule has 0 saturated carbocycles. The fourth-order valence-corrected chi connectivity index (χ4v) is 9.27. The Bertz CT molecular complexity index is 1840. The van der Waals surface area contributed by atoms with E-state index in [1.165, 1.54) is 64.2 Å². The molecule has 0 amide bonds. The number of esters is 3. The molecule has 0 saturated heterocycles. The van der Waals surface area contributed by atoms with Gasteiger partial charge in [0.2, 0.25) is 0 Å². The van der Waals surface area contributed by atoms with Gasteiger partial charge in [0.15, 0.2) is 6.10 Å². The summed E-state index contributed by atoms with van der Waals surface area (Å²) in [5.41, 5.74) is 0. The maximum atomic E-state index is 13.0. The van der Waals surface area contributed by atoms with Crippen molar-refractivity contribution in [1.29, 1.82) is 0 Å². The quantitative estimate of drug-likeness (QED) is 0.0197. The molecule has 0 fully saturated rings. The van der Waals surface area contributed by atoms with Crippen molar-refractivity contribution in [3.63, 3.8) is 0 Å². The third-order valence-corrected chi connectivity index (χ3v) is 14.3. The minimum Gasteiger partial charge on any atom is -0.462 e. The highest BCUT2D eigenvalue weighted by molar-refractivity contribution is 7.47. The molecule has 0 aliphatic rings. The Morgan fingerprint density at radius 3 is 1.00 bits per heavy atom. The molecule has 0 heterocycles. The molecule has 0 bridgehead atoms. The number of phosphoric acid groups is 1. The summed E-state index contributed by atoms with van der Waals surface area (Å²) in [6, 6.07) is 0. The highest BCUT2D eigenvalue weighted by atomic mass is 31.2. The molecular formula is C70H117O11P. The smallest absolute Gasteiger partial charge is 0.462 e. The van der Waals surface area contributed by atoms with Crippen LogP contribution in [-0.2, 0) is 42.2 Å². The lowest BCUT2D eigenvalue weighted by molar-refractivity contribution is -0.161. The lowest BCUT2D eigenvalue weighted by Gasteiger charge is -2.21. The molecule has 0 aromatic carbocycles. The predicted molar refractivity (Wildman–Crippen MR) is 343 cm³/mol. The van der Waals surface area contributed by atoms with Crippen LogP contribution in [-0.4, -0.2) is 66.5 Å². The molecule has 82 heavy (non-hydrogen) atoms. The number of carbonyl (C=O) groups is 3. The van der Waals surface area contributed by atoms with Crippen LogP contribution in [0.25, 0.3) is 0 Å². The normalized spacial score (nSPS) is 14.1. The van der Waals surface area contributed by atoms with Gasteiger partial charge in [0.1, 0.15) is 12.7 Å². The zero-order chi connectivity index (χ0) is 59.8. The van der Waals surface area contributed by atoms with Crippen molar-refractivity contribution in [2.75, 3.05) is 26.4 Å². The molecule has 0 rings (SSSR count). The van der Waals surface area contributed by atoms with Crippen LogP contribution in [0.5, 0.6) is 0 Å². The maximum Gasteiger partial charge on any atom is 0.472 e. The number of ether oxygens (including phenoxy) is 3. The average molecular weight is 1170 g/mol. The van der Waals surface area contributed by atoms with Gasteiger partial charge in [0.05, 0.1) is 19.8 Å². The number of allylic oxidation sites excluding steroid dienone is 20. The molecule has 0 aromatic heterocycles. The topological polar surface area (TPSA) is 155 Å². The van der Waals surface area contributed by atoms with Gasteiger partial charge in [-0.1, -0.05) is 239 Å². The summed E-state index contributed by atoms with van der Waals surface area (Å²) < 4.78 is 39.7. The minimum absolute atomic E-state index is 0.138. The van der Waals surface area contributed by atoms with Gasteiger partial charge >= 0.3 is 25.7 Å². The Morgan fingerprint density at radius 1 is 0.354 bits per heavy atom. The van der Waals surface area contributed by atoms with E-state index in [4.69, 9.17) is 23.3 Å². The van der Waals surface area contributed by atoms with Crippen LogP contribution in [0.4, 0.5) is 0 Å². The second-order valence-electron chi connectivity index (χ2n) is 21.2. The van der Waals surface area contributed by atoms with Crippen LogP contribution in [0.1, 0.15) is 265 Å². The first-order valence-electron chi connectivity index (χ1n) is 32.4. The highest BCUT2D eigenvalue weighted by Gasteiger charge is 2.28. The van der Waals surface area contributed by atoms with E-state index in [1.807, 2.05) is 0 Å². The van der Waals surface area contributed by atoms with E-state index >= 15 is 0 Å². The minimum atomic E-state index is -4.78. The van der Waals surface area contributed by atoms with Crippen LogP contribution < -0.4 is 0 Å². The van der Waals surface area contributed by atoms with Gasteiger partial charge < -0.3 is 24.2 Å². The molecule has 2 N–H and O–H groups in total. The van der Waals surface area contributed by atoms with Crippen LogP contribution >= 0.6 is 7.82 Å². The first-order valence-corrected chi connectivity index (χ1v) is 33.9. The summed E-state index contributed by atoms with van der Waals surface area (Å²) in [4.78, 5) is 48.8. The molecular weight excluding hydrogens is 1050 g/mol. The third kappa shape index (κ3) is 60.5. The molecule has 0 aliphatic heterocycles. The van der Waals surface area contributed by atoms with Crippen LogP contribution in [0.2, 0.25) is 0 Å². The Hall–Kier alpha value is -4.12. The average Bonchev–Trinajstić information content (AvgIpc) is 3.47. The van der Waals surface area contributed by atoms with Crippen molar-refractivity contribution in [2.24, 2.45) is 0 Å². The lowest BCUT2D eigenvalue weighted by atomic mass is 10.1. The molecule has 3 unspecified atom stereocenters. The fraction of sp³-hybridized carbons (Fsp3) is 0.671. The zero-order valence-corrected chi connectivity index (χ0v) is 52.8. The molecule has 0 aliphatic carbocycles. The van der Waals surface area contributed by atoms with Crippen molar-refractivity contribution in [1.82, 2.24) is 0 Å². The molecule has 3 atom stereocenters. The molecule has 0 aromatic rings. The van der Waals surface area contributed by atoms with E-state index in [0.29, 0.717) is 19.3 Å². The van der Waals surface area contributed by atoms with Crippen molar-refractivity contribution >= 4 is 25.7 Å². The number of rotatable bonds is 59. The Morgan fingerprint density at radius 2 is 0.634 bits per heavy atom. The Labute approximate surface area is 500 Å². The molecule has 468 valence electrons. The van der Waals surface area contributed by atoms with E-state index in [0.717, 1.165) is 141 Å². The van der Waals surface area contributed by atoms with E-state index in [-0.39, 0.29) is 25.9 Å². The predicted octanol–water partition coefficient (Wildman–Crippen LogP) is 19.9. The van der Waals surface area contributed by atoms with Gasteiger partial charge in [-0.05, 0) is 128 Å². The van der Waals surface area contributed by atoms with Gasteiger partial charge in [0.25, 0.3) is 0 Å². The summed E-state index contributed by atoms with van der Waals surface area (Å²) in [6.45, 7) is 4.37. The number of hydrogen-bond donors (Lipinski definition) is 2.